The van der Waals surface area contributed by atoms with Gasteiger partial charge in [0.25, 0.3) is 0 Å². The second-order valence-electron chi connectivity index (χ2n) is 10.3. The standard InChI is InChI=1S/C30H39N2O/c1-6-7-20-31-25-16-10-8-14-23(25)29(2,3)27(31)18-12-19-28-30(4,5)24-15-9-11-17-26(24)32(28)21-13-22-33/h8-12,14-19,33H,6-7,13,20-22H2,1-5H3/q+1. The highest BCUT2D eigenvalue weighted by atomic mass is 16.3. The van der Waals surface area contributed by atoms with Crippen LogP contribution in [0.25, 0.3) is 0 Å². The van der Waals surface area contributed by atoms with Gasteiger partial charge in [-0.1, -0.05) is 69.7 Å². The molecule has 174 valence electrons. The van der Waals surface area contributed by atoms with Crippen LogP contribution in [0.15, 0.2) is 72.5 Å². The summed E-state index contributed by atoms with van der Waals surface area (Å²) in [6.45, 7) is 13.6. The number of rotatable bonds is 8. The molecule has 0 radical (unpaired) electrons. The molecule has 3 heteroatoms. The fraction of sp³-hybridized carbons (Fsp3) is 0.433. The quantitative estimate of drug-likeness (QED) is 0.472. The molecule has 0 spiro atoms. The maximum atomic E-state index is 9.49. The summed E-state index contributed by atoms with van der Waals surface area (Å²) in [5.74, 6) is 0. The van der Waals surface area contributed by atoms with E-state index < -0.39 is 0 Å². The van der Waals surface area contributed by atoms with Crippen molar-refractivity contribution >= 4 is 17.1 Å². The normalized spacial score (nSPS) is 19.6. The zero-order valence-electron chi connectivity index (χ0n) is 20.9. The molecular weight excluding hydrogens is 404 g/mol. The molecule has 2 heterocycles. The summed E-state index contributed by atoms with van der Waals surface area (Å²) in [6, 6.07) is 17.5. The molecule has 2 aromatic rings. The Balaban J connectivity index is 1.74. The first kappa shape index (κ1) is 23.5. The molecule has 0 aromatic heterocycles. The Hall–Kier alpha value is -2.65. The van der Waals surface area contributed by atoms with Gasteiger partial charge in [-0.15, -0.1) is 0 Å². The van der Waals surface area contributed by atoms with Crippen LogP contribution in [0.2, 0.25) is 0 Å². The number of aliphatic hydroxyl groups is 1. The molecule has 33 heavy (non-hydrogen) atoms. The number of fused-ring (bicyclic) bond motifs is 2. The minimum absolute atomic E-state index is 0.0237. The van der Waals surface area contributed by atoms with Crippen molar-refractivity contribution in [3.8, 4) is 0 Å². The van der Waals surface area contributed by atoms with Crippen LogP contribution in [0.3, 0.4) is 0 Å². The van der Waals surface area contributed by atoms with Gasteiger partial charge in [-0.25, -0.2) is 0 Å². The van der Waals surface area contributed by atoms with Crippen LogP contribution in [-0.4, -0.2) is 35.1 Å². The molecule has 2 aromatic carbocycles. The Morgan fingerprint density at radius 2 is 1.61 bits per heavy atom. The van der Waals surface area contributed by atoms with E-state index in [1.807, 2.05) is 0 Å². The second-order valence-corrected chi connectivity index (χ2v) is 10.3. The average molecular weight is 444 g/mol. The van der Waals surface area contributed by atoms with Gasteiger partial charge in [-0.2, -0.15) is 4.58 Å². The highest BCUT2D eigenvalue weighted by molar-refractivity contribution is 6.03. The van der Waals surface area contributed by atoms with Crippen molar-refractivity contribution in [3.05, 3.63) is 83.6 Å². The van der Waals surface area contributed by atoms with Crippen LogP contribution in [0.5, 0.6) is 0 Å². The average Bonchev–Trinajstić information content (AvgIpc) is 3.16. The van der Waals surface area contributed by atoms with Crippen LogP contribution < -0.4 is 4.90 Å². The molecule has 3 nitrogen and oxygen atoms in total. The third-order valence-corrected chi connectivity index (χ3v) is 7.38. The number of benzene rings is 2. The number of aliphatic hydroxyl groups excluding tert-OH is 1. The summed E-state index contributed by atoms with van der Waals surface area (Å²) in [6.07, 6.45) is 9.99. The third-order valence-electron chi connectivity index (χ3n) is 7.38. The van der Waals surface area contributed by atoms with Crippen LogP contribution in [-0.2, 0) is 10.8 Å². The Bertz CT molecular complexity index is 1100. The second kappa shape index (κ2) is 9.30. The molecule has 0 bridgehead atoms. The van der Waals surface area contributed by atoms with Crippen LogP contribution >= 0.6 is 0 Å². The van der Waals surface area contributed by atoms with Crippen molar-refractivity contribution < 1.29 is 9.68 Å². The zero-order chi connectivity index (χ0) is 23.6. The van der Waals surface area contributed by atoms with Crippen LogP contribution in [0, 0.1) is 0 Å². The Kier molecular flexibility index (Phi) is 6.63. The predicted molar refractivity (Wildman–Crippen MR) is 140 cm³/mol. The monoisotopic (exact) mass is 443 g/mol. The largest absolute Gasteiger partial charge is 0.396 e. The molecule has 0 aliphatic carbocycles. The molecule has 0 fully saturated rings. The molecule has 2 aliphatic heterocycles. The number of nitrogens with zero attached hydrogens (tertiary/aromatic N) is 2. The van der Waals surface area contributed by atoms with E-state index in [-0.39, 0.29) is 17.4 Å². The lowest BCUT2D eigenvalue weighted by Gasteiger charge is -2.27. The first-order valence-electron chi connectivity index (χ1n) is 12.4. The summed E-state index contributed by atoms with van der Waals surface area (Å²) >= 11 is 0. The van der Waals surface area contributed by atoms with Gasteiger partial charge in [-0.3, -0.25) is 0 Å². The number of hydrogen-bond donors (Lipinski definition) is 1. The fourth-order valence-electron chi connectivity index (χ4n) is 5.54. The lowest BCUT2D eigenvalue weighted by Crippen LogP contribution is -2.28. The molecule has 0 saturated heterocycles. The summed E-state index contributed by atoms with van der Waals surface area (Å²) < 4.78 is 2.39. The van der Waals surface area contributed by atoms with E-state index in [4.69, 9.17) is 0 Å². The summed E-state index contributed by atoms with van der Waals surface area (Å²) in [7, 11) is 0. The van der Waals surface area contributed by atoms with Crippen LogP contribution in [0.4, 0.5) is 11.4 Å². The summed E-state index contributed by atoms with van der Waals surface area (Å²) in [5, 5.41) is 9.49. The van der Waals surface area contributed by atoms with Gasteiger partial charge in [0.05, 0.1) is 5.41 Å². The molecule has 0 unspecified atom stereocenters. The van der Waals surface area contributed by atoms with E-state index in [1.54, 1.807) is 0 Å². The van der Waals surface area contributed by atoms with Crippen molar-refractivity contribution in [1.29, 1.82) is 0 Å². The van der Waals surface area contributed by atoms with Crippen molar-refractivity contribution in [2.24, 2.45) is 0 Å². The van der Waals surface area contributed by atoms with Gasteiger partial charge in [0.15, 0.2) is 12.3 Å². The molecule has 1 N–H and O–H groups in total. The fourth-order valence-corrected chi connectivity index (χ4v) is 5.54. The zero-order valence-corrected chi connectivity index (χ0v) is 20.9. The number of para-hydroxylation sites is 2. The third kappa shape index (κ3) is 4.08. The topological polar surface area (TPSA) is 26.5 Å². The molecule has 0 amide bonds. The maximum absolute atomic E-state index is 9.49. The van der Waals surface area contributed by atoms with Crippen molar-refractivity contribution in [2.45, 2.75) is 64.7 Å². The first-order valence-corrected chi connectivity index (χ1v) is 12.4. The summed E-state index contributed by atoms with van der Waals surface area (Å²) in [5.41, 5.74) is 7.94. The Morgan fingerprint density at radius 3 is 2.33 bits per heavy atom. The molecule has 4 rings (SSSR count). The van der Waals surface area contributed by atoms with E-state index in [0.717, 1.165) is 19.5 Å². The first-order chi connectivity index (χ1) is 15.8. The number of anilines is 1. The minimum atomic E-state index is -0.0723. The summed E-state index contributed by atoms with van der Waals surface area (Å²) in [4.78, 5) is 2.52. The van der Waals surface area contributed by atoms with E-state index >= 15 is 0 Å². The van der Waals surface area contributed by atoms with Gasteiger partial charge >= 0.3 is 0 Å². The highest BCUT2D eigenvalue weighted by Crippen LogP contribution is 2.47. The van der Waals surface area contributed by atoms with Crippen molar-refractivity contribution in [1.82, 2.24) is 0 Å². The number of unbranched alkanes of at least 4 members (excludes halogenated alkanes) is 1. The molecule has 0 atom stereocenters. The Morgan fingerprint density at radius 1 is 0.909 bits per heavy atom. The lowest BCUT2D eigenvalue weighted by molar-refractivity contribution is -0.438. The van der Waals surface area contributed by atoms with E-state index in [2.05, 4.69) is 111 Å². The van der Waals surface area contributed by atoms with Gasteiger partial charge in [0.1, 0.15) is 0 Å². The highest BCUT2D eigenvalue weighted by Gasteiger charge is 2.44. The SMILES string of the molecule is CCCCN1/C(=C/C=C/C2=[N+](CCCO)c3ccccc3C2(C)C)C(C)(C)c2ccccc21. The molecular formula is C30H39N2O+. The van der Waals surface area contributed by atoms with E-state index in [0.29, 0.717) is 0 Å². The molecule has 0 saturated carbocycles. The minimum Gasteiger partial charge on any atom is -0.396 e. The number of hydrogen-bond acceptors (Lipinski definition) is 2. The van der Waals surface area contributed by atoms with Crippen molar-refractivity contribution in [3.63, 3.8) is 0 Å². The van der Waals surface area contributed by atoms with Crippen molar-refractivity contribution in [2.75, 3.05) is 24.6 Å². The van der Waals surface area contributed by atoms with Gasteiger partial charge in [0.2, 0.25) is 5.69 Å². The lowest BCUT2D eigenvalue weighted by atomic mass is 9.81. The molecule has 2 aliphatic rings. The van der Waals surface area contributed by atoms with E-state index in [9.17, 15) is 5.11 Å². The smallest absolute Gasteiger partial charge is 0.209 e. The predicted octanol–water partition coefficient (Wildman–Crippen LogP) is 6.48. The van der Waals surface area contributed by atoms with Gasteiger partial charge in [-0.05, 0) is 38.0 Å². The van der Waals surface area contributed by atoms with Gasteiger partial charge in [0, 0.05) is 54.1 Å². The van der Waals surface area contributed by atoms with Crippen LogP contribution in [0.1, 0.15) is 65.0 Å². The number of allylic oxidation sites excluding steroid dienone is 4. The van der Waals surface area contributed by atoms with Gasteiger partial charge < -0.3 is 10.0 Å². The van der Waals surface area contributed by atoms with E-state index in [1.165, 1.54) is 46.8 Å². The Labute approximate surface area is 199 Å². The maximum Gasteiger partial charge on any atom is 0.209 e.